The Morgan fingerprint density at radius 1 is 1.69 bits per heavy atom. The maximum absolute atomic E-state index is 11.4. The monoisotopic (exact) mass is 199 g/mol. The zero-order valence-electron chi connectivity index (χ0n) is 7.78. The second-order valence-electron chi connectivity index (χ2n) is 2.84. The van der Waals surface area contributed by atoms with E-state index in [2.05, 4.69) is 0 Å². The van der Waals surface area contributed by atoms with Crippen molar-refractivity contribution in [3.63, 3.8) is 0 Å². The number of hydrogen-bond donors (Lipinski definition) is 1. The number of carbonyl (C=O) groups excluding carboxylic acids is 1. The average molecular weight is 199 g/mol. The summed E-state index contributed by atoms with van der Waals surface area (Å²) < 4.78 is 0. The van der Waals surface area contributed by atoms with Crippen LogP contribution in [-0.4, -0.2) is 24.7 Å². The first-order chi connectivity index (χ1) is 6.16. The van der Waals surface area contributed by atoms with Crippen LogP contribution < -0.4 is 4.90 Å². The molecule has 1 rings (SSSR count). The molecule has 0 saturated carbocycles. The van der Waals surface area contributed by atoms with E-state index in [-0.39, 0.29) is 18.9 Å². The van der Waals surface area contributed by atoms with Gasteiger partial charge in [-0.15, -0.1) is 11.3 Å². The molecule has 1 aromatic rings. The fourth-order valence-corrected chi connectivity index (χ4v) is 2.00. The van der Waals surface area contributed by atoms with Gasteiger partial charge in [0.2, 0.25) is 5.91 Å². The molecule has 0 unspecified atom stereocenters. The van der Waals surface area contributed by atoms with Gasteiger partial charge in [-0.3, -0.25) is 4.79 Å². The van der Waals surface area contributed by atoms with Crippen LogP contribution >= 0.6 is 11.3 Å². The van der Waals surface area contributed by atoms with Crippen LogP contribution in [0.4, 0.5) is 5.00 Å². The predicted molar refractivity (Wildman–Crippen MR) is 54.2 cm³/mol. The highest BCUT2D eigenvalue weighted by Gasteiger charge is 2.12. The van der Waals surface area contributed by atoms with Crippen molar-refractivity contribution in [2.75, 3.05) is 18.6 Å². The Morgan fingerprint density at radius 3 is 2.85 bits per heavy atom. The third kappa shape index (κ3) is 2.29. The lowest BCUT2D eigenvalue weighted by atomic mass is 10.3. The topological polar surface area (TPSA) is 40.5 Å². The Bertz CT molecular complexity index is 296. The van der Waals surface area contributed by atoms with Crippen LogP contribution in [0, 0.1) is 6.92 Å². The van der Waals surface area contributed by atoms with Gasteiger partial charge in [0, 0.05) is 7.05 Å². The van der Waals surface area contributed by atoms with E-state index in [0.29, 0.717) is 0 Å². The quantitative estimate of drug-likeness (QED) is 0.799. The molecule has 4 heteroatoms. The third-order valence-corrected chi connectivity index (χ3v) is 2.93. The van der Waals surface area contributed by atoms with Crippen molar-refractivity contribution in [2.24, 2.45) is 0 Å². The van der Waals surface area contributed by atoms with Gasteiger partial charge in [-0.05, 0) is 23.9 Å². The molecule has 0 atom stereocenters. The molecule has 1 heterocycles. The summed E-state index contributed by atoms with van der Waals surface area (Å²) in [6, 6.07) is 1.97. The maximum Gasteiger partial charge on any atom is 0.229 e. The van der Waals surface area contributed by atoms with Gasteiger partial charge in [0.15, 0.2) is 0 Å². The highest BCUT2D eigenvalue weighted by Crippen LogP contribution is 2.25. The summed E-state index contributed by atoms with van der Waals surface area (Å²) in [6.45, 7) is 1.88. The lowest BCUT2D eigenvalue weighted by molar-refractivity contribution is -0.118. The van der Waals surface area contributed by atoms with E-state index in [0.717, 1.165) is 10.6 Å². The van der Waals surface area contributed by atoms with E-state index < -0.39 is 0 Å². The maximum atomic E-state index is 11.4. The normalized spacial score (nSPS) is 10.1. The summed E-state index contributed by atoms with van der Waals surface area (Å²) in [5, 5.41) is 11.5. The standard InChI is InChI=1S/C9H13NO2S/c1-7-4-6-13-9(7)10(2)8(12)3-5-11/h4,6,11H,3,5H2,1-2H3. The number of carbonyl (C=O) groups is 1. The second-order valence-corrected chi connectivity index (χ2v) is 3.73. The summed E-state index contributed by atoms with van der Waals surface area (Å²) in [6.07, 6.45) is 0.188. The zero-order chi connectivity index (χ0) is 9.84. The first-order valence-corrected chi connectivity index (χ1v) is 4.96. The number of rotatable bonds is 3. The summed E-state index contributed by atoms with van der Waals surface area (Å²) in [5.41, 5.74) is 1.10. The van der Waals surface area contributed by atoms with E-state index in [1.807, 2.05) is 18.4 Å². The van der Waals surface area contributed by atoms with E-state index in [9.17, 15) is 4.79 Å². The summed E-state index contributed by atoms with van der Waals surface area (Å²) in [4.78, 5) is 13.0. The van der Waals surface area contributed by atoms with E-state index in [4.69, 9.17) is 5.11 Å². The fraction of sp³-hybridized carbons (Fsp3) is 0.444. The molecule has 1 amide bonds. The molecule has 0 spiro atoms. The molecule has 1 aromatic heterocycles. The Kier molecular flexibility index (Phi) is 3.45. The van der Waals surface area contributed by atoms with Crippen LogP contribution in [0.25, 0.3) is 0 Å². The van der Waals surface area contributed by atoms with Gasteiger partial charge < -0.3 is 10.0 Å². The van der Waals surface area contributed by atoms with Gasteiger partial charge in [0.25, 0.3) is 0 Å². The number of nitrogens with zero attached hydrogens (tertiary/aromatic N) is 1. The van der Waals surface area contributed by atoms with Crippen molar-refractivity contribution >= 4 is 22.2 Å². The smallest absolute Gasteiger partial charge is 0.229 e. The van der Waals surface area contributed by atoms with Crippen molar-refractivity contribution in [2.45, 2.75) is 13.3 Å². The van der Waals surface area contributed by atoms with Crippen LogP contribution in [0.3, 0.4) is 0 Å². The molecule has 0 bridgehead atoms. The number of thiophene rings is 1. The summed E-state index contributed by atoms with van der Waals surface area (Å²) in [7, 11) is 1.73. The SMILES string of the molecule is Cc1ccsc1N(C)C(=O)CCO. The highest BCUT2D eigenvalue weighted by atomic mass is 32.1. The van der Waals surface area contributed by atoms with Crippen LogP contribution in [0.5, 0.6) is 0 Å². The predicted octanol–water partition coefficient (Wildman–Crippen LogP) is 1.40. The summed E-state index contributed by atoms with van der Waals surface area (Å²) in [5.74, 6) is -0.0481. The van der Waals surface area contributed by atoms with Crippen molar-refractivity contribution in [3.8, 4) is 0 Å². The molecule has 72 valence electrons. The van der Waals surface area contributed by atoms with Crippen LogP contribution in [-0.2, 0) is 4.79 Å². The molecule has 13 heavy (non-hydrogen) atoms. The highest BCUT2D eigenvalue weighted by molar-refractivity contribution is 7.14. The molecule has 0 radical (unpaired) electrons. The Labute approximate surface area is 81.6 Å². The second kappa shape index (κ2) is 4.39. The molecule has 0 aromatic carbocycles. The Morgan fingerprint density at radius 2 is 2.38 bits per heavy atom. The number of aliphatic hydroxyl groups is 1. The molecule has 3 nitrogen and oxygen atoms in total. The number of anilines is 1. The molecule has 1 N–H and O–H groups in total. The average Bonchev–Trinajstić information content (AvgIpc) is 2.50. The van der Waals surface area contributed by atoms with Gasteiger partial charge in [-0.2, -0.15) is 0 Å². The lowest BCUT2D eigenvalue weighted by Crippen LogP contribution is -2.26. The van der Waals surface area contributed by atoms with Gasteiger partial charge in [-0.25, -0.2) is 0 Å². The van der Waals surface area contributed by atoms with E-state index in [1.54, 1.807) is 11.9 Å². The lowest BCUT2D eigenvalue weighted by Gasteiger charge is -2.15. The molecular formula is C9H13NO2S. The molecule has 0 saturated heterocycles. The molecule has 0 aliphatic rings. The van der Waals surface area contributed by atoms with Gasteiger partial charge in [0.1, 0.15) is 5.00 Å². The fourth-order valence-electron chi connectivity index (χ4n) is 1.08. The van der Waals surface area contributed by atoms with Crippen LogP contribution in [0.2, 0.25) is 0 Å². The first-order valence-electron chi connectivity index (χ1n) is 4.08. The molecular weight excluding hydrogens is 186 g/mol. The number of amides is 1. The van der Waals surface area contributed by atoms with Crippen molar-refractivity contribution < 1.29 is 9.90 Å². The van der Waals surface area contributed by atoms with Crippen molar-refractivity contribution in [3.05, 3.63) is 17.0 Å². The minimum atomic E-state index is -0.0897. The van der Waals surface area contributed by atoms with Gasteiger partial charge in [0.05, 0.1) is 13.0 Å². The Hall–Kier alpha value is -0.870. The van der Waals surface area contributed by atoms with Crippen LogP contribution in [0.1, 0.15) is 12.0 Å². The number of aliphatic hydroxyl groups excluding tert-OH is 1. The molecule has 0 aliphatic heterocycles. The Balaban J connectivity index is 2.73. The number of aryl methyl sites for hydroxylation is 1. The van der Waals surface area contributed by atoms with Crippen molar-refractivity contribution in [1.82, 2.24) is 0 Å². The minimum absolute atomic E-state index is 0.0481. The molecule has 0 aliphatic carbocycles. The third-order valence-electron chi connectivity index (χ3n) is 1.84. The largest absolute Gasteiger partial charge is 0.396 e. The zero-order valence-corrected chi connectivity index (χ0v) is 8.60. The van der Waals surface area contributed by atoms with E-state index >= 15 is 0 Å². The first kappa shape index (κ1) is 10.2. The molecule has 0 fully saturated rings. The van der Waals surface area contributed by atoms with Crippen molar-refractivity contribution in [1.29, 1.82) is 0 Å². The van der Waals surface area contributed by atoms with E-state index in [1.165, 1.54) is 11.3 Å². The number of hydrogen-bond acceptors (Lipinski definition) is 3. The van der Waals surface area contributed by atoms with Crippen LogP contribution in [0.15, 0.2) is 11.4 Å². The summed E-state index contributed by atoms with van der Waals surface area (Å²) >= 11 is 1.54. The minimum Gasteiger partial charge on any atom is -0.396 e. The van der Waals surface area contributed by atoms with Gasteiger partial charge in [-0.1, -0.05) is 0 Å². The van der Waals surface area contributed by atoms with Gasteiger partial charge >= 0.3 is 0 Å².